The first kappa shape index (κ1) is 31.3. The molecule has 3 aromatic carbocycles. The van der Waals surface area contributed by atoms with Crippen LogP contribution in [-0.4, -0.2) is 33.9 Å². The minimum Gasteiger partial charge on any atom is -0.493 e. The summed E-state index contributed by atoms with van der Waals surface area (Å²) in [6.45, 7) is 9.54. The number of nitrogens with zero attached hydrogens (tertiary/aromatic N) is 2. The van der Waals surface area contributed by atoms with Crippen LogP contribution in [0.4, 0.5) is 13.2 Å². The molecule has 0 aliphatic carbocycles. The molecule has 0 amide bonds. The molecule has 1 aliphatic rings. The summed E-state index contributed by atoms with van der Waals surface area (Å²) in [6.07, 6.45) is -3.31. The number of carbonyl (C=O) groups is 1. The van der Waals surface area contributed by atoms with Gasteiger partial charge in [-0.2, -0.15) is 0 Å². The lowest BCUT2D eigenvalue weighted by Gasteiger charge is -2.30. The van der Waals surface area contributed by atoms with Crippen molar-refractivity contribution in [2.45, 2.75) is 65.7 Å². The summed E-state index contributed by atoms with van der Waals surface area (Å²) in [5.41, 5.74) is 4.55. The lowest BCUT2D eigenvalue weighted by molar-refractivity contribution is -0.274. The Balaban J connectivity index is 1.65. The molecule has 0 N–H and O–H groups in total. The minimum absolute atomic E-state index is 0.0198. The van der Waals surface area contributed by atoms with E-state index >= 15 is 0 Å². The first-order valence-electron chi connectivity index (χ1n) is 14.9. The number of halogens is 3. The molecule has 10 heteroatoms. The zero-order chi connectivity index (χ0) is 33.0. The van der Waals surface area contributed by atoms with Gasteiger partial charge < -0.3 is 18.8 Å². The van der Waals surface area contributed by atoms with E-state index in [4.69, 9.17) is 14.5 Å². The van der Waals surface area contributed by atoms with E-state index in [9.17, 15) is 22.8 Å². The molecule has 0 fully saturated rings. The number of Topliss-reactive ketones (excluding diaryl/α,β-unsaturated/α-hetero) is 1. The van der Waals surface area contributed by atoms with Gasteiger partial charge in [0, 0.05) is 35.0 Å². The minimum atomic E-state index is -4.85. The molecule has 5 aromatic rings. The Morgan fingerprint density at radius 1 is 1.07 bits per heavy atom. The van der Waals surface area contributed by atoms with E-state index in [1.54, 1.807) is 18.3 Å². The Bertz CT molecular complexity index is 2050. The van der Waals surface area contributed by atoms with Gasteiger partial charge in [-0.05, 0) is 105 Å². The second-order valence-corrected chi connectivity index (χ2v) is 12.5. The van der Waals surface area contributed by atoms with Crippen LogP contribution in [-0.2, 0) is 22.5 Å². The Labute approximate surface area is 263 Å². The van der Waals surface area contributed by atoms with E-state index in [1.165, 1.54) is 35.8 Å². The number of alkyl halides is 3. The number of carbonyl (C=O) groups excluding carboxylic acids is 1. The largest absolute Gasteiger partial charge is 0.573 e. The lowest BCUT2D eigenvalue weighted by atomic mass is 9.85. The Kier molecular flexibility index (Phi) is 7.88. The zero-order valence-corrected chi connectivity index (χ0v) is 26.1. The Morgan fingerprint density at radius 3 is 2.57 bits per heavy atom. The van der Waals surface area contributed by atoms with E-state index in [2.05, 4.69) is 4.74 Å². The Hall–Kier alpha value is -4.70. The van der Waals surface area contributed by atoms with Crippen LogP contribution >= 0.6 is 0 Å². The van der Waals surface area contributed by atoms with Crippen molar-refractivity contribution in [1.82, 2.24) is 9.55 Å². The average molecular weight is 631 g/mol. The topological polar surface area (TPSA) is 79.7 Å². The van der Waals surface area contributed by atoms with Crippen LogP contribution in [0.2, 0.25) is 0 Å². The summed E-state index contributed by atoms with van der Waals surface area (Å²) in [6, 6.07) is 16.3. The number of pyridine rings is 2. The molecule has 1 aliphatic heterocycles. The molecule has 1 atom stereocenters. The van der Waals surface area contributed by atoms with Crippen molar-refractivity contribution in [1.29, 1.82) is 0 Å². The maximum absolute atomic E-state index is 13.4. The molecule has 0 bridgehead atoms. The van der Waals surface area contributed by atoms with E-state index in [-0.39, 0.29) is 23.6 Å². The van der Waals surface area contributed by atoms with Crippen molar-refractivity contribution < 1.29 is 32.2 Å². The third-order valence-electron chi connectivity index (χ3n) is 7.96. The van der Waals surface area contributed by atoms with Gasteiger partial charge in [-0.3, -0.25) is 14.6 Å². The summed E-state index contributed by atoms with van der Waals surface area (Å²) < 4.78 is 56.9. The van der Waals surface area contributed by atoms with Crippen molar-refractivity contribution in [3.8, 4) is 22.6 Å². The predicted octanol–water partition coefficient (Wildman–Crippen LogP) is 7.85. The monoisotopic (exact) mass is 630 g/mol. The first-order chi connectivity index (χ1) is 21.7. The summed E-state index contributed by atoms with van der Waals surface area (Å²) >= 11 is 0. The van der Waals surface area contributed by atoms with E-state index < -0.39 is 18.1 Å². The summed E-state index contributed by atoms with van der Waals surface area (Å²) in [5, 5.41) is 1.55. The summed E-state index contributed by atoms with van der Waals surface area (Å²) in [4.78, 5) is 31.5. The number of aromatic nitrogens is 2. The number of hydrogen-bond acceptors (Lipinski definition) is 6. The second kappa shape index (κ2) is 11.6. The summed E-state index contributed by atoms with van der Waals surface area (Å²) in [5.74, 6) is 0.157. The molecule has 46 heavy (non-hydrogen) atoms. The molecule has 0 radical (unpaired) electrons. The molecule has 2 aromatic heterocycles. The number of hydrogen-bond donors (Lipinski definition) is 0. The lowest BCUT2D eigenvalue weighted by Crippen LogP contribution is -2.27. The van der Waals surface area contributed by atoms with E-state index in [0.29, 0.717) is 45.3 Å². The van der Waals surface area contributed by atoms with Crippen LogP contribution < -0.4 is 15.0 Å². The van der Waals surface area contributed by atoms with Crippen LogP contribution in [0.1, 0.15) is 56.1 Å². The molecule has 0 saturated heterocycles. The molecule has 7 nitrogen and oxygen atoms in total. The fourth-order valence-electron chi connectivity index (χ4n) is 6.20. The van der Waals surface area contributed by atoms with Gasteiger partial charge >= 0.3 is 6.36 Å². The SMILES string of the molecule is CC(=O)C(OC(C)(C)C)c1c(C)cc2c(ccc(=O)n2Cc2cccc(OC(F)(F)F)c2)c1-c1ccc2c3c(ccnc13)CCO2. The quantitative estimate of drug-likeness (QED) is 0.182. The number of ether oxygens (including phenoxy) is 3. The highest BCUT2D eigenvalue weighted by molar-refractivity contribution is 6.08. The fraction of sp³-hybridized carbons (Fsp3) is 0.306. The van der Waals surface area contributed by atoms with Gasteiger partial charge in [0.15, 0.2) is 5.78 Å². The fourth-order valence-corrected chi connectivity index (χ4v) is 6.20. The smallest absolute Gasteiger partial charge is 0.493 e. The Morgan fingerprint density at radius 2 is 1.85 bits per heavy atom. The predicted molar refractivity (Wildman–Crippen MR) is 169 cm³/mol. The van der Waals surface area contributed by atoms with E-state index in [0.717, 1.165) is 28.7 Å². The van der Waals surface area contributed by atoms with Gasteiger partial charge in [0.25, 0.3) is 5.56 Å². The number of aryl methyl sites for hydroxylation is 1. The average Bonchev–Trinajstić information content (AvgIpc) is 2.97. The maximum atomic E-state index is 13.4. The van der Waals surface area contributed by atoms with Crippen molar-refractivity contribution in [2.75, 3.05) is 6.61 Å². The van der Waals surface area contributed by atoms with Crippen LogP contribution in [0.5, 0.6) is 11.5 Å². The van der Waals surface area contributed by atoms with Gasteiger partial charge in [-0.15, -0.1) is 13.2 Å². The van der Waals surface area contributed by atoms with Crippen molar-refractivity contribution in [2.24, 2.45) is 0 Å². The second-order valence-electron chi connectivity index (χ2n) is 12.5. The molecular formula is C36H33F3N2O5. The van der Waals surface area contributed by atoms with Gasteiger partial charge in [0.05, 0.1) is 29.8 Å². The molecule has 6 rings (SSSR count). The number of rotatable bonds is 7. The zero-order valence-electron chi connectivity index (χ0n) is 26.1. The summed E-state index contributed by atoms with van der Waals surface area (Å²) in [7, 11) is 0. The van der Waals surface area contributed by atoms with E-state index in [1.807, 2.05) is 52.0 Å². The van der Waals surface area contributed by atoms with Crippen LogP contribution in [0.3, 0.4) is 0 Å². The molecule has 238 valence electrons. The molecular weight excluding hydrogens is 597 g/mol. The number of fused-ring (bicyclic) bond motifs is 1. The van der Waals surface area contributed by atoms with Gasteiger partial charge in [-0.1, -0.05) is 12.1 Å². The third kappa shape index (κ3) is 6.09. The van der Waals surface area contributed by atoms with Crippen LogP contribution in [0.25, 0.3) is 32.9 Å². The maximum Gasteiger partial charge on any atom is 0.573 e. The van der Waals surface area contributed by atoms with Gasteiger partial charge in [-0.25, -0.2) is 0 Å². The van der Waals surface area contributed by atoms with Gasteiger partial charge in [0.2, 0.25) is 0 Å². The highest BCUT2D eigenvalue weighted by Gasteiger charge is 2.32. The standard InChI is InChI=1S/C36H33F3N2O5/c1-20-17-27-25(10-12-29(43)41(27)19-22-7-6-8-24(18-22)45-36(37,38)39)32(30(20)34(21(2)42)46-35(3,4)5)26-9-11-28-31-23(14-16-44-28)13-15-40-33(26)31/h6-13,15,17-18,34H,14,16,19H2,1-5H3. The van der Waals surface area contributed by atoms with Crippen molar-refractivity contribution >= 4 is 27.6 Å². The number of ketones is 1. The van der Waals surface area contributed by atoms with Gasteiger partial charge in [0.1, 0.15) is 17.6 Å². The highest BCUT2D eigenvalue weighted by atomic mass is 19.4. The molecule has 3 heterocycles. The normalized spacial score (nSPS) is 13.9. The van der Waals surface area contributed by atoms with Crippen molar-refractivity contribution in [3.05, 3.63) is 99.5 Å². The van der Waals surface area contributed by atoms with Crippen LogP contribution in [0.15, 0.2) is 71.7 Å². The first-order valence-corrected chi connectivity index (χ1v) is 14.9. The third-order valence-corrected chi connectivity index (χ3v) is 7.96. The highest BCUT2D eigenvalue weighted by Crippen LogP contribution is 2.45. The molecule has 0 saturated carbocycles. The molecule has 1 unspecified atom stereocenters. The number of benzene rings is 3. The molecule has 0 spiro atoms. The van der Waals surface area contributed by atoms with Crippen LogP contribution in [0, 0.1) is 6.92 Å². The van der Waals surface area contributed by atoms with Crippen molar-refractivity contribution in [3.63, 3.8) is 0 Å².